The molecule has 4 aliphatic heterocycles. The number of aliphatic hydroxyl groups is 2. The Morgan fingerprint density at radius 3 is 2.71 bits per heavy atom. The van der Waals surface area contributed by atoms with Crippen molar-refractivity contribution in [2.75, 3.05) is 6.61 Å². The molecule has 0 amide bonds. The molecule has 0 unspecified atom stereocenters. The van der Waals surface area contributed by atoms with Gasteiger partial charge in [-0.25, -0.2) is 4.79 Å². The van der Waals surface area contributed by atoms with Crippen LogP contribution in [0, 0.1) is 17.8 Å². The standard InChI is InChI=1S/C34H48O7/c1-7-21(3)31-24(6)13-14-33(41-31)18-27-17-26(40-33)12-11-23(5)30(35)22(4)9-8-10-25-19-38-29-16-20(2)15-28(32(36)39-27)34(25,29)37/h8-11,15-16,21-22,24,26-27,29-31,35,37H,7,12-14,17-19H2,1-6H3/b9-8+,23-11+,25-10+/t21-,22-,24-,26+,27-,29+,30-,31+,33+,34+/m0/s1. The molecular formula is C34H48O7. The van der Waals surface area contributed by atoms with E-state index < -0.39 is 35.7 Å². The molecular weight excluding hydrogens is 520 g/mol. The number of carbonyl (C=O) groups excluding carboxylic acids is 1. The van der Waals surface area contributed by atoms with Crippen LogP contribution < -0.4 is 0 Å². The van der Waals surface area contributed by atoms with Crippen LogP contribution in [0.2, 0.25) is 0 Å². The lowest BCUT2D eigenvalue weighted by atomic mass is 9.78. The van der Waals surface area contributed by atoms with E-state index in [1.54, 1.807) is 12.2 Å². The lowest BCUT2D eigenvalue weighted by Gasteiger charge is -2.50. The van der Waals surface area contributed by atoms with Crippen LogP contribution in [0.4, 0.5) is 0 Å². The summed E-state index contributed by atoms with van der Waals surface area (Å²) in [6.45, 7) is 12.6. The van der Waals surface area contributed by atoms with Crippen molar-refractivity contribution in [3.63, 3.8) is 0 Å². The predicted molar refractivity (Wildman–Crippen MR) is 157 cm³/mol. The zero-order valence-electron chi connectivity index (χ0n) is 25.5. The number of hydrogen-bond acceptors (Lipinski definition) is 7. The number of esters is 1. The smallest absolute Gasteiger partial charge is 0.337 e. The Hall–Kier alpha value is -2.03. The average Bonchev–Trinajstić information content (AvgIpc) is 3.26. The summed E-state index contributed by atoms with van der Waals surface area (Å²) in [4.78, 5) is 13.9. The Kier molecular flexibility index (Phi) is 8.85. The van der Waals surface area contributed by atoms with Crippen LogP contribution in [0.15, 0.2) is 58.7 Å². The third kappa shape index (κ3) is 5.94. The third-order valence-electron chi connectivity index (χ3n) is 9.93. The highest BCUT2D eigenvalue weighted by Crippen LogP contribution is 2.46. The van der Waals surface area contributed by atoms with Crippen LogP contribution in [0.25, 0.3) is 0 Å². The van der Waals surface area contributed by atoms with Gasteiger partial charge in [-0.2, -0.15) is 0 Å². The van der Waals surface area contributed by atoms with Crippen molar-refractivity contribution in [1.82, 2.24) is 0 Å². The molecule has 7 heteroatoms. The maximum atomic E-state index is 13.9. The minimum Gasteiger partial charge on any atom is -0.459 e. The number of rotatable bonds is 2. The summed E-state index contributed by atoms with van der Waals surface area (Å²) in [7, 11) is 0. The zero-order chi connectivity index (χ0) is 29.5. The first kappa shape index (κ1) is 30.4. The second-order valence-corrected chi connectivity index (χ2v) is 13.1. The second-order valence-electron chi connectivity index (χ2n) is 13.1. The number of aliphatic hydroxyl groups excluding tert-OH is 1. The first-order valence-electron chi connectivity index (χ1n) is 15.5. The van der Waals surface area contributed by atoms with Gasteiger partial charge in [-0.1, -0.05) is 64.0 Å². The number of carbonyl (C=O) groups is 1. The van der Waals surface area contributed by atoms with Crippen LogP contribution in [0.5, 0.6) is 0 Å². The highest BCUT2D eigenvalue weighted by Gasteiger charge is 2.54. The van der Waals surface area contributed by atoms with Crippen molar-refractivity contribution in [2.45, 2.75) is 122 Å². The summed E-state index contributed by atoms with van der Waals surface area (Å²) in [5.41, 5.74) is 0.890. The Bertz CT molecular complexity index is 1160. The van der Waals surface area contributed by atoms with Gasteiger partial charge in [0.15, 0.2) is 5.79 Å². The lowest BCUT2D eigenvalue weighted by molar-refractivity contribution is -0.340. The van der Waals surface area contributed by atoms with Crippen molar-refractivity contribution < 1.29 is 34.0 Å². The molecule has 4 heterocycles. The van der Waals surface area contributed by atoms with Gasteiger partial charge >= 0.3 is 5.97 Å². The summed E-state index contributed by atoms with van der Waals surface area (Å²) >= 11 is 0. The van der Waals surface area contributed by atoms with E-state index in [1.807, 2.05) is 45.1 Å². The molecule has 2 N–H and O–H groups in total. The molecule has 5 aliphatic rings. The molecule has 41 heavy (non-hydrogen) atoms. The molecule has 0 aromatic rings. The molecule has 1 spiro atoms. The lowest BCUT2D eigenvalue weighted by Crippen LogP contribution is -2.55. The first-order chi connectivity index (χ1) is 19.5. The molecule has 0 radical (unpaired) electrons. The van der Waals surface area contributed by atoms with Gasteiger partial charge in [0.25, 0.3) is 0 Å². The van der Waals surface area contributed by atoms with E-state index in [9.17, 15) is 15.0 Å². The van der Waals surface area contributed by atoms with Gasteiger partial charge in [0.05, 0.1) is 30.5 Å². The molecule has 0 saturated carbocycles. The summed E-state index contributed by atoms with van der Waals surface area (Å²) in [6, 6.07) is 0. The van der Waals surface area contributed by atoms with Crippen molar-refractivity contribution in [2.24, 2.45) is 17.8 Å². The largest absolute Gasteiger partial charge is 0.459 e. The van der Waals surface area contributed by atoms with E-state index >= 15 is 0 Å². The summed E-state index contributed by atoms with van der Waals surface area (Å²) in [6.07, 6.45) is 13.5. The fourth-order valence-corrected chi connectivity index (χ4v) is 7.16. The van der Waals surface area contributed by atoms with Gasteiger partial charge in [0.1, 0.15) is 17.8 Å². The fourth-order valence-electron chi connectivity index (χ4n) is 7.16. The number of hydrogen-bond donors (Lipinski definition) is 2. The molecule has 3 saturated heterocycles. The molecule has 5 rings (SSSR count). The van der Waals surface area contributed by atoms with E-state index in [-0.39, 0.29) is 30.3 Å². The van der Waals surface area contributed by atoms with Gasteiger partial charge < -0.3 is 29.2 Å². The molecule has 226 valence electrons. The third-order valence-corrected chi connectivity index (χ3v) is 9.93. The maximum absolute atomic E-state index is 13.9. The molecule has 10 atom stereocenters. The van der Waals surface area contributed by atoms with Crippen molar-refractivity contribution in [3.05, 3.63) is 58.7 Å². The average molecular weight is 569 g/mol. The van der Waals surface area contributed by atoms with E-state index in [2.05, 4.69) is 20.8 Å². The van der Waals surface area contributed by atoms with Gasteiger partial charge in [-0.05, 0) is 61.8 Å². The Morgan fingerprint density at radius 1 is 1.17 bits per heavy atom. The number of allylic oxidation sites excluding steroid dienone is 4. The van der Waals surface area contributed by atoms with E-state index in [0.717, 1.165) is 30.4 Å². The molecule has 7 nitrogen and oxygen atoms in total. The van der Waals surface area contributed by atoms with E-state index in [0.29, 0.717) is 36.7 Å². The maximum Gasteiger partial charge on any atom is 0.337 e. The van der Waals surface area contributed by atoms with Crippen LogP contribution in [-0.2, 0) is 23.7 Å². The fraction of sp³-hybridized carbons (Fsp3) is 0.676. The molecule has 3 fully saturated rings. The van der Waals surface area contributed by atoms with Gasteiger partial charge in [-0.15, -0.1) is 0 Å². The number of fused-ring (bicyclic) bond motifs is 2. The van der Waals surface area contributed by atoms with Crippen molar-refractivity contribution >= 4 is 5.97 Å². The second kappa shape index (κ2) is 11.9. The van der Waals surface area contributed by atoms with Crippen LogP contribution >= 0.6 is 0 Å². The Balaban J connectivity index is 1.52. The van der Waals surface area contributed by atoms with Crippen LogP contribution in [0.1, 0.15) is 80.1 Å². The molecule has 0 aromatic heterocycles. The first-order valence-corrected chi connectivity index (χ1v) is 15.5. The molecule has 0 aromatic carbocycles. The molecule has 2 bridgehead atoms. The Labute approximate surface area is 245 Å². The minimum atomic E-state index is -1.61. The van der Waals surface area contributed by atoms with Crippen LogP contribution in [-0.4, -0.2) is 64.7 Å². The summed E-state index contributed by atoms with van der Waals surface area (Å²) < 4.78 is 25.8. The van der Waals surface area contributed by atoms with E-state index in [1.165, 1.54) is 0 Å². The Morgan fingerprint density at radius 2 is 1.95 bits per heavy atom. The topological polar surface area (TPSA) is 94.5 Å². The van der Waals surface area contributed by atoms with Crippen molar-refractivity contribution in [1.29, 1.82) is 0 Å². The predicted octanol–water partition coefficient (Wildman–Crippen LogP) is 5.48. The quantitative estimate of drug-likeness (QED) is 0.337. The van der Waals surface area contributed by atoms with Gasteiger partial charge in [-0.3, -0.25) is 0 Å². The number of ether oxygens (including phenoxy) is 4. The van der Waals surface area contributed by atoms with Crippen molar-refractivity contribution in [3.8, 4) is 0 Å². The SMILES string of the molecule is CC[C@H](C)[C@H]1O[C@]2(CC[C@@H]1C)C[C@@H]1C[C@@H](C/C=C(\C)[C@@H](O)[C@@H](C)/C=C/C=C3\CO[C@@H]4C=C(C)C=C(C(=O)O1)[C@]34O)O2. The summed E-state index contributed by atoms with van der Waals surface area (Å²) in [5.74, 6) is -0.725. The monoisotopic (exact) mass is 568 g/mol. The highest BCUT2D eigenvalue weighted by atomic mass is 16.7. The van der Waals surface area contributed by atoms with E-state index in [4.69, 9.17) is 18.9 Å². The normalized spacial score (nSPS) is 45.8. The highest BCUT2D eigenvalue weighted by molar-refractivity contribution is 5.93. The summed E-state index contributed by atoms with van der Waals surface area (Å²) in [5, 5.41) is 23.1. The molecule has 1 aliphatic carbocycles. The van der Waals surface area contributed by atoms with Gasteiger partial charge in [0.2, 0.25) is 0 Å². The minimum absolute atomic E-state index is 0.0621. The van der Waals surface area contributed by atoms with Gasteiger partial charge in [0, 0.05) is 25.2 Å². The zero-order valence-corrected chi connectivity index (χ0v) is 25.5. The van der Waals surface area contributed by atoms with Crippen LogP contribution in [0.3, 0.4) is 0 Å².